The molecule has 82 valence electrons. The molecule has 0 fully saturated rings. The minimum Gasteiger partial charge on any atom is -0.448 e. The molecule has 0 bridgehead atoms. The maximum absolute atomic E-state index is 11.1. The van der Waals surface area contributed by atoms with Crippen molar-refractivity contribution in [2.24, 2.45) is 0 Å². The Morgan fingerprint density at radius 1 is 0.929 bits per heavy atom. The van der Waals surface area contributed by atoms with Crippen LogP contribution in [0.4, 0.5) is 9.59 Å². The van der Waals surface area contributed by atoms with Crippen LogP contribution in [-0.2, 0) is 9.47 Å². The van der Waals surface area contributed by atoms with Gasteiger partial charge >= 0.3 is 12.2 Å². The van der Waals surface area contributed by atoms with Crippen LogP contribution in [0.15, 0.2) is 0 Å². The average molecular weight is 204 g/mol. The van der Waals surface area contributed by atoms with Gasteiger partial charge in [-0.3, -0.25) is 0 Å². The lowest BCUT2D eigenvalue weighted by Gasteiger charge is -2.26. The predicted molar refractivity (Wildman–Crippen MR) is 49.6 cm³/mol. The summed E-state index contributed by atoms with van der Waals surface area (Å²) in [6.45, 7) is 3.91. The zero-order valence-electron chi connectivity index (χ0n) is 8.94. The molecule has 0 unspecified atom stereocenters. The minimum absolute atomic E-state index is 0.264. The van der Waals surface area contributed by atoms with Crippen LogP contribution in [0.3, 0.4) is 0 Å². The van der Waals surface area contributed by atoms with Crippen molar-refractivity contribution in [3.63, 3.8) is 0 Å². The van der Waals surface area contributed by atoms with E-state index in [1.807, 2.05) is 0 Å². The van der Waals surface area contributed by atoms with Gasteiger partial charge in [0.05, 0.1) is 13.2 Å². The van der Waals surface area contributed by atoms with E-state index in [-0.39, 0.29) is 13.2 Å². The molecule has 0 aromatic carbocycles. The number of hydrogen-bond acceptors (Lipinski definition) is 4. The third-order valence-corrected chi connectivity index (χ3v) is 1.51. The third kappa shape index (κ3) is 3.51. The Morgan fingerprint density at radius 3 is 1.43 bits per heavy atom. The van der Waals surface area contributed by atoms with E-state index in [1.165, 1.54) is 14.1 Å². The van der Waals surface area contributed by atoms with E-state index in [4.69, 9.17) is 9.47 Å². The quantitative estimate of drug-likeness (QED) is 0.631. The van der Waals surface area contributed by atoms with E-state index in [1.54, 1.807) is 13.8 Å². The lowest BCUT2D eigenvalue weighted by molar-refractivity contribution is 0.00922. The monoisotopic (exact) mass is 204 g/mol. The predicted octanol–water partition coefficient (Wildman–Crippen LogP) is 1.08. The van der Waals surface area contributed by atoms with E-state index >= 15 is 0 Å². The molecular weight excluding hydrogens is 188 g/mol. The lowest BCUT2D eigenvalue weighted by Crippen LogP contribution is -2.45. The van der Waals surface area contributed by atoms with Gasteiger partial charge in [-0.05, 0) is 13.8 Å². The summed E-state index contributed by atoms with van der Waals surface area (Å²) in [6.07, 6.45) is -1.19. The van der Waals surface area contributed by atoms with Crippen LogP contribution in [-0.4, -0.2) is 49.5 Å². The van der Waals surface area contributed by atoms with Crippen molar-refractivity contribution in [2.75, 3.05) is 27.3 Å². The molecule has 0 radical (unpaired) electrons. The molecule has 2 amide bonds. The molecule has 0 saturated carbocycles. The summed E-state index contributed by atoms with van der Waals surface area (Å²) in [5, 5.41) is 2.09. The molecule has 6 heteroatoms. The first-order valence-corrected chi connectivity index (χ1v) is 4.35. The fourth-order valence-electron chi connectivity index (χ4n) is 0.679. The molecule has 0 aromatic heterocycles. The Morgan fingerprint density at radius 2 is 1.21 bits per heavy atom. The maximum Gasteiger partial charge on any atom is 0.428 e. The van der Waals surface area contributed by atoms with Crippen LogP contribution in [0, 0.1) is 0 Å². The van der Waals surface area contributed by atoms with E-state index in [2.05, 4.69) is 0 Å². The normalized spacial score (nSPS) is 9.14. The fourth-order valence-corrected chi connectivity index (χ4v) is 0.679. The number of nitrogens with zero attached hydrogens (tertiary/aromatic N) is 2. The van der Waals surface area contributed by atoms with Crippen molar-refractivity contribution < 1.29 is 19.1 Å². The highest BCUT2D eigenvalue weighted by atomic mass is 16.6. The molecule has 0 N–H and O–H groups in total. The van der Waals surface area contributed by atoms with E-state index < -0.39 is 12.2 Å². The molecule has 0 aliphatic rings. The van der Waals surface area contributed by atoms with Crippen LogP contribution in [0.1, 0.15) is 13.8 Å². The summed E-state index contributed by atoms with van der Waals surface area (Å²) in [7, 11) is 2.85. The number of amides is 2. The molecule has 0 aliphatic heterocycles. The topological polar surface area (TPSA) is 59.1 Å². The Labute approximate surface area is 83.3 Å². The minimum atomic E-state index is -0.594. The summed E-state index contributed by atoms with van der Waals surface area (Å²) in [4.78, 5) is 22.3. The highest BCUT2D eigenvalue weighted by Crippen LogP contribution is 1.98. The first-order valence-electron chi connectivity index (χ1n) is 4.35. The highest BCUT2D eigenvalue weighted by molar-refractivity contribution is 5.73. The van der Waals surface area contributed by atoms with Gasteiger partial charge in [0.2, 0.25) is 0 Å². The maximum atomic E-state index is 11.1. The van der Waals surface area contributed by atoms with Crippen molar-refractivity contribution in [3.05, 3.63) is 0 Å². The van der Waals surface area contributed by atoms with Crippen LogP contribution in [0.25, 0.3) is 0 Å². The molecule has 0 saturated heterocycles. The SMILES string of the molecule is CCOC(=O)N(C)N(C)C(=O)OCC. The van der Waals surface area contributed by atoms with Crippen LogP contribution >= 0.6 is 0 Å². The van der Waals surface area contributed by atoms with Gasteiger partial charge in [-0.15, -0.1) is 0 Å². The van der Waals surface area contributed by atoms with Crippen LogP contribution in [0.5, 0.6) is 0 Å². The van der Waals surface area contributed by atoms with Gasteiger partial charge in [-0.2, -0.15) is 0 Å². The second-order valence-corrected chi connectivity index (χ2v) is 2.45. The smallest absolute Gasteiger partial charge is 0.428 e. The van der Waals surface area contributed by atoms with Gasteiger partial charge < -0.3 is 9.47 Å². The number of hydrogen-bond donors (Lipinski definition) is 0. The first kappa shape index (κ1) is 12.5. The molecule has 0 aromatic rings. The molecule has 6 nitrogen and oxygen atoms in total. The van der Waals surface area contributed by atoms with Gasteiger partial charge in [0.1, 0.15) is 0 Å². The number of ether oxygens (including phenoxy) is 2. The second-order valence-electron chi connectivity index (χ2n) is 2.45. The molecule has 0 rings (SSSR count). The van der Waals surface area contributed by atoms with Crippen molar-refractivity contribution in [1.29, 1.82) is 0 Å². The Hall–Kier alpha value is -1.46. The number of carbonyl (C=O) groups is 2. The fraction of sp³-hybridized carbons (Fsp3) is 0.750. The average Bonchev–Trinajstić information content (AvgIpc) is 2.16. The largest absolute Gasteiger partial charge is 0.448 e. The number of rotatable bonds is 2. The number of carbonyl (C=O) groups excluding carboxylic acids is 2. The summed E-state index contributed by atoms with van der Waals surface area (Å²) < 4.78 is 9.38. The Kier molecular flexibility index (Phi) is 5.43. The third-order valence-electron chi connectivity index (χ3n) is 1.51. The van der Waals surface area contributed by atoms with Crippen LogP contribution in [0.2, 0.25) is 0 Å². The summed E-state index contributed by atoms with van der Waals surface area (Å²) in [5.41, 5.74) is 0. The van der Waals surface area contributed by atoms with Gasteiger partial charge in [-0.1, -0.05) is 0 Å². The van der Waals surface area contributed by atoms with Crippen LogP contribution < -0.4 is 0 Å². The van der Waals surface area contributed by atoms with Crippen molar-refractivity contribution in [1.82, 2.24) is 10.0 Å². The van der Waals surface area contributed by atoms with Crippen molar-refractivity contribution >= 4 is 12.2 Å². The summed E-state index contributed by atoms with van der Waals surface area (Å²) >= 11 is 0. The van der Waals surface area contributed by atoms with Gasteiger partial charge in [-0.25, -0.2) is 19.6 Å². The Bertz CT molecular complexity index is 186. The van der Waals surface area contributed by atoms with Gasteiger partial charge in [0.25, 0.3) is 0 Å². The highest BCUT2D eigenvalue weighted by Gasteiger charge is 2.20. The molecule has 14 heavy (non-hydrogen) atoms. The van der Waals surface area contributed by atoms with Crippen molar-refractivity contribution in [3.8, 4) is 0 Å². The molecule has 0 atom stereocenters. The van der Waals surface area contributed by atoms with E-state index in [9.17, 15) is 9.59 Å². The standard InChI is InChI=1S/C8H16N2O4/c1-5-13-7(11)9(3)10(4)8(12)14-6-2/h5-6H2,1-4H3. The first-order chi connectivity index (χ1) is 6.54. The molecule has 0 aliphatic carbocycles. The Balaban J connectivity index is 4.16. The van der Waals surface area contributed by atoms with Gasteiger partial charge in [0, 0.05) is 14.1 Å². The zero-order chi connectivity index (χ0) is 11.1. The van der Waals surface area contributed by atoms with Crippen molar-refractivity contribution in [2.45, 2.75) is 13.8 Å². The molecular formula is C8H16N2O4. The summed E-state index contributed by atoms with van der Waals surface area (Å²) in [5.74, 6) is 0. The lowest BCUT2D eigenvalue weighted by atomic mass is 10.8. The van der Waals surface area contributed by atoms with Gasteiger partial charge in [0.15, 0.2) is 0 Å². The summed E-state index contributed by atoms with van der Waals surface area (Å²) in [6, 6.07) is 0. The zero-order valence-corrected chi connectivity index (χ0v) is 8.94. The van der Waals surface area contributed by atoms with E-state index in [0.29, 0.717) is 0 Å². The van der Waals surface area contributed by atoms with E-state index in [0.717, 1.165) is 10.0 Å². The molecule has 0 spiro atoms. The second kappa shape index (κ2) is 6.06. The number of hydrazine groups is 1. The molecule has 0 heterocycles.